The molecule has 0 amide bonds. The highest BCUT2D eigenvalue weighted by Crippen LogP contribution is 2.28. The van der Waals surface area contributed by atoms with Gasteiger partial charge in [0.25, 0.3) is 0 Å². The topological polar surface area (TPSA) is 81.7 Å². The van der Waals surface area contributed by atoms with Gasteiger partial charge in [-0.2, -0.15) is 10.5 Å². The van der Waals surface area contributed by atoms with Crippen molar-refractivity contribution in [2.24, 2.45) is 0 Å². The number of nitrogens with one attached hydrogen (secondary N) is 1. The molecule has 0 bridgehead atoms. The standard InChI is InChI=1S/C15H14N4O/c1-15(2,3)20-19-14-11(8-17)9-18-13-10(7-16)5-4-6-12(13)14/h4-6,9H,1-3H3,(H,18,19). The van der Waals surface area contributed by atoms with Crippen molar-refractivity contribution in [1.82, 2.24) is 4.98 Å². The number of nitrogens with zero attached hydrogens (tertiary/aromatic N) is 3. The Hall–Kier alpha value is -2.63. The Morgan fingerprint density at radius 2 is 1.85 bits per heavy atom. The van der Waals surface area contributed by atoms with Crippen LogP contribution in [-0.2, 0) is 4.84 Å². The molecule has 100 valence electrons. The Morgan fingerprint density at radius 3 is 2.45 bits per heavy atom. The second-order valence-corrected chi connectivity index (χ2v) is 5.29. The molecule has 0 aliphatic rings. The fourth-order valence-corrected chi connectivity index (χ4v) is 1.71. The predicted molar refractivity (Wildman–Crippen MR) is 75.6 cm³/mol. The van der Waals surface area contributed by atoms with Gasteiger partial charge in [-0.25, -0.2) is 0 Å². The van der Waals surface area contributed by atoms with Crippen molar-refractivity contribution in [1.29, 1.82) is 10.5 Å². The molecular weight excluding hydrogens is 252 g/mol. The summed E-state index contributed by atoms with van der Waals surface area (Å²) in [6, 6.07) is 9.42. The van der Waals surface area contributed by atoms with E-state index in [4.69, 9.17) is 10.1 Å². The minimum atomic E-state index is -0.408. The molecule has 2 aromatic rings. The molecule has 5 heteroatoms. The third kappa shape index (κ3) is 2.69. The molecule has 0 radical (unpaired) electrons. The average Bonchev–Trinajstić information content (AvgIpc) is 2.42. The van der Waals surface area contributed by atoms with Gasteiger partial charge < -0.3 is 0 Å². The van der Waals surface area contributed by atoms with Crippen molar-refractivity contribution in [3.63, 3.8) is 0 Å². The summed E-state index contributed by atoms with van der Waals surface area (Å²) in [4.78, 5) is 9.72. The van der Waals surface area contributed by atoms with Crippen LogP contribution in [0.1, 0.15) is 31.9 Å². The zero-order chi connectivity index (χ0) is 14.8. The number of rotatable bonds is 2. The summed E-state index contributed by atoms with van der Waals surface area (Å²) < 4.78 is 0. The highest BCUT2D eigenvalue weighted by atomic mass is 16.7. The van der Waals surface area contributed by atoms with E-state index in [1.54, 1.807) is 18.2 Å². The zero-order valence-electron chi connectivity index (χ0n) is 11.6. The number of nitriles is 2. The van der Waals surface area contributed by atoms with Crippen LogP contribution >= 0.6 is 0 Å². The molecule has 0 fully saturated rings. The second kappa shape index (κ2) is 5.16. The molecule has 0 spiro atoms. The zero-order valence-corrected chi connectivity index (χ0v) is 11.6. The van der Waals surface area contributed by atoms with E-state index in [1.165, 1.54) is 6.20 Å². The fourth-order valence-electron chi connectivity index (χ4n) is 1.71. The molecule has 1 aromatic heterocycles. The van der Waals surface area contributed by atoms with Gasteiger partial charge in [-0.05, 0) is 26.8 Å². The van der Waals surface area contributed by atoms with Crippen LogP contribution in [0, 0.1) is 22.7 Å². The van der Waals surface area contributed by atoms with Gasteiger partial charge in [-0.3, -0.25) is 15.3 Å². The monoisotopic (exact) mass is 266 g/mol. The molecule has 0 saturated heterocycles. The van der Waals surface area contributed by atoms with Crippen molar-refractivity contribution in [3.05, 3.63) is 35.5 Å². The Kier molecular flexibility index (Phi) is 3.56. The van der Waals surface area contributed by atoms with Gasteiger partial charge >= 0.3 is 0 Å². The number of anilines is 1. The van der Waals surface area contributed by atoms with Crippen LogP contribution in [0.15, 0.2) is 24.4 Å². The van der Waals surface area contributed by atoms with Gasteiger partial charge in [0.1, 0.15) is 12.1 Å². The van der Waals surface area contributed by atoms with E-state index in [2.05, 4.69) is 22.6 Å². The molecule has 1 heterocycles. The van der Waals surface area contributed by atoms with E-state index < -0.39 is 5.60 Å². The maximum Gasteiger partial charge on any atom is 0.103 e. The molecule has 0 aliphatic heterocycles. The van der Waals surface area contributed by atoms with Gasteiger partial charge in [-0.15, -0.1) is 0 Å². The van der Waals surface area contributed by atoms with Gasteiger partial charge in [0, 0.05) is 11.6 Å². The highest BCUT2D eigenvalue weighted by molar-refractivity contribution is 5.96. The number of fused-ring (bicyclic) bond motifs is 1. The minimum Gasteiger partial charge on any atom is -0.270 e. The summed E-state index contributed by atoms with van der Waals surface area (Å²) >= 11 is 0. The maximum atomic E-state index is 9.18. The second-order valence-electron chi connectivity index (χ2n) is 5.29. The first-order chi connectivity index (χ1) is 9.46. The van der Waals surface area contributed by atoms with Crippen molar-refractivity contribution in [2.45, 2.75) is 26.4 Å². The minimum absolute atomic E-state index is 0.372. The van der Waals surface area contributed by atoms with Crippen molar-refractivity contribution < 1.29 is 4.84 Å². The molecule has 0 atom stereocenters. The van der Waals surface area contributed by atoms with Crippen LogP contribution in [0.25, 0.3) is 10.9 Å². The largest absolute Gasteiger partial charge is 0.270 e. The van der Waals surface area contributed by atoms with E-state index in [-0.39, 0.29) is 0 Å². The molecular formula is C15H14N4O. The lowest BCUT2D eigenvalue weighted by Crippen LogP contribution is -2.23. The SMILES string of the molecule is CC(C)(C)ONc1c(C#N)cnc2c(C#N)cccc12. The Balaban J connectivity index is 2.61. The lowest BCUT2D eigenvalue weighted by molar-refractivity contribution is 0.0377. The van der Waals surface area contributed by atoms with Gasteiger partial charge in [-0.1, -0.05) is 12.1 Å². The Morgan fingerprint density at radius 1 is 1.15 bits per heavy atom. The third-order valence-electron chi connectivity index (χ3n) is 2.60. The van der Waals surface area contributed by atoms with Crippen LogP contribution in [-0.4, -0.2) is 10.6 Å². The van der Waals surface area contributed by atoms with Crippen LogP contribution in [0.4, 0.5) is 5.69 Å². The highest BCUT2D eigenvalue weighted by Gasteiger charge is 2.15. The molecule has 20 heavy (non-hydrogen) atoms. The third-order valence-corrected chi connectivity index (χ3v) is 2.60. The normalized spacial score (nSPS) is 10.8. The first kappa shape index (κ1) is 13.8. The molecule has 0 aliphatic carbocycles. The quantitative estimate of drug-likeness (QED) is 0.844. The van der Waals surface area contributed by atoms with Crippen molar-refractivity contribution in [2.75, 3.05) is 5.48 Å². The van der Waals surface area contributed by atoms with E-state index >= 15 is 0 Å². The van der Waals surface area contributed by atoms with E-state index in [0.717, 1.165) is 0 Å². The Bertz CT molecular complexity index is 732. The summed E-state index contributed by atoms with van der Waals surface area (Å²) in [5.41, 5.74) is 4.34. The van der Waals surface area contributed by atoms with Crippen molar-refractivity contribution in [3.8, 4) is 12.1 Å². The van der Waals surface area contributed by atoms with Crippen LogP contribution in [0.2, 0.25) is 0 Å². The number of benzene rings is 1. The van der Waals surface area contributed by atoms with Crippen LogP contribution < -0.4 is 5.48 Å². The molecule has 0 saturated carbocycles. The Labute approximate surface area is 117 Å². The summed E-state index contributed by atoms with van der Waals surface area (Å²) in [6.45, 7) is 5.70. The van der Waals surface area contributed by atoms with Crippen LogP contribution in [0.3, 0.4) is 0 Å². The maximum absolute atomic E-state index is 9.18. The first-order valence-corrected chi connectivity index (χ1v) is 6.12. The molecule has 1 N–H and O–H groups in total. The van der Waals surface area contributed by atoms with Crippen LogP contribution in [0.5, 0.6) is 0 Å². The first-order valence-electron chi connectivity index (χ1n) is 6.12. The molecule has 2 rings (SSSR count). The van der Waals surface area contributed by atoms with Gasteiger partial charge in [0.15, 0.2) is 0 Å². The number of hydrogen-bond donors (Lipinski definition) is 1. The van der Waals surface area contributed by atoms with E-state index in [1.807, 2.05) is 20.8 Å². The van der Waals surface area contributed by atoms with Crippen molar-refractivity contribution >= 4 is 16.6 Å². The summed E-state index contributed by atoms with van der Waals surface area (Å²) in [7, 11) is 0. The molecule has 5 nitrogen and oxygen atoms in total. The molecule has 1 aromatic carbocycles. The smallest absolute Gasteiger partial charge is 0.103 e. The number of pyridine rings is 1. The number of hydrogen-bond acceptors (Lipinski definition) is 5. The van der Waals surface area contributed by atoms with Gasteiger partial charge in [0.2, 0.25) is 0 Å². The fraction of sp³-hybridized carbons (Fsp3) is 0.267. The lowest BCUT2D eigenvalue weighted by atomic mass is 10.1. The number of aromatic nitrogens is 1. The predicted octanol–water partition coefficient (Wildman–Crippen LogP) is 3.12. The summed E-state index contributed by atoms with van der Waals surface area (Å²) in [6.07, 6.45) is 1.44. The number of para-hydroxylation sites is 1. The summed E-state index contributed by atoms with van der Waals surface area (Å²) in [5, 5.41) is 19.0. The lowest BCUT2D eigenvalue weighted by Gasteiger charge is -2.21. The average molecular weight is 266 g/mol. The van der Waals surface area contributed by atoms with Gasteiger partial charge in [0.05, 0.1) is 27.9 Å². The van der Waals surface area contributed by atoms with E-state index in [0.29, 0.717) is 27.7 Å². The summed E-state index contributed by atoms with van der Waals surface area (Å²) in [5.74, 6) is 0. The molecule has 0 unspecified atom stereocenters. The van der Waals surface area contributed by atoms with E-state index in [9.17, 15) is 5.26 Å².